The highest BCUT2D eigenvalue weighted by molar-refractivity contribution is 6.00. The van der Waals surface area contributed by atoms with Crippen LogP contribution >= 0.6 is 0 Å². The van der Waals surface area contributed by atoms with Crippen molar-refractivity contribution in [1.82, 2.24) is 15.5 Å². The van der Waals surface area contributed by atoms with E-state index in [0.717, 1.165) is 12.0 Å². The van der Waals surface area contributed by atoms with Gasteiger partial charge in [-0.2, -0.15) is 0 Å². The number of aromatic nitrogens is 2. The van der Waals surface area contributed by atoms with Crippen molar-refractivity contribution in [3.63, 3.8) is 0 Å². The first-order chi connectivity index (χ1) is 12.3. The zero-order valence-corrected chi connectivity index (χ0v) is 14.0. The van der Waals surface area contributed by atoms with Crippen molar-refractivity contribution in [3.05, 3.63) is 77.9 Å². The number of hydrogen-bond acceptors (Lipinski definition) is 4. The van der Waals surface area contributed by atoms with Crippen LogP contribution in [0, 0.1) is 0 Å². The van der Waals surface area contributed by atoms with Gasteiger partial charge in [-0.3, -0.25) is 4.79 Å². The van der Waals surface area contributed by atoms with Crippen LogP contribution in [0.25, 0.3) is 11.3 Å². The molecule has 0 radical (unpaired) electrons. The van der Waals surface area contributed by atoms with Gasteiger partial charge in [0.05, 0.1) is 12.8 Å². The molecule has 5 nitrogen and oxygen atoms in total. The molecule has 1 aromatic heterocycles. The van der Waals surface area contributed by atoms with Gasteiger partial charge in [-0.15, -0.1) is 10.2 Å². The van der Waals surface area contributed by atoms with Crippen molar-refractivity contribution in [2.75, 3.05) is 13.7 Å². The molecule has 0 unspecified atom stereocenters. The molecule has 0 aliphatic heterocycles. The fourth-order valence-electron chi connectivity index (χ4n) is 2.54. The monoisotopic (exact) mass is 333 g/mol. The largest absolute Gasteiger partial charge is 0.480 e. The minimum absolute atomic E-state index is 0.121. The summed E-state index contributed by atoms with van der Waals surface area (Å²) in [6.45, 7) is 0.575. The maximum atomic E-state index is 12.6. The Morgan fingerprint density at radius 1 is 0.960 bits per heavy atom. The van der Waals surface area contributed by atoms with E-state index in [2.05, 4.69) is 15.5 Å². The van der Waals surface area contributed by atoms with E-state index in [4.69, 9.17) is 4.74 Å². The molecule has 0 saturated heterocycles. The number of amides is 1. The van der Waals surface area contributed by atoms with Crippen LogP contribution in [-0.2, 0) is 6.42 Å². The molecule has 0 aliphatic carbocycles. The Hall–Kier alpha value is -3.21. The number of methoxy groups -OCH3 is 1. The predicted molar refractivity (Wildman–Crippen MR) is 96.5 cm³/mol. The first kappa shape index (κ1) is 16.6. The van der Waals surface area contributed by atoms with E-state index < -0.39 is 0 Å². The number of nitrogens with one attached hydrogen (secondary N) is 1. The van der Waals surface area contributed by atoms with Crippen LogP contribution in [-0.4, -0.2) is 29.8 Å². The summed E-state index contributed by atoms with van der Waals surface area (Å²) in [6.07, 6.45) is 0.789. The number of nitrogens with zero attached hydrogens (tertiary/aromatic N) is 2. The molecule has 2 aromatic carbocycles. The Bertz CT molecular complexity index is 833. The normalized spacial score (nSPS) is 10.3. The number of benzene rings is 2. The van der Waals surface area contributed by atoms with E-state index in [1.165, 1.54) is 12.7 Å². The Morgan fingerprint density at radius 2 is 1.72 bits per heavy atom. The second-order valence-corrected chi connectivity index (χ2v) is 5.50. The third kappa shape index (κ3) is 4.20. The van der Waals surface area contributed by atoms with E-state index in [1.54, 1.807) is 18.2 Å². The first-order valence-corrected chi connectivity index (χ1v) is 8.07. The van der Waals surface area contributed by atoms with Gasteiger partial charge in [0.15, 0.2) is 0 Å². The lowest BCUT2D eigenvalue weighted by atomic mass is 10.0. The maximum Gasteiger partial charge on any atom is 0.251 e. The van der Waals surface area contributed by atoms with Crippen LogP contribution in [0.1, 0.15) is 15.9 Å². The van der Waals surface area contributed by atoms with Gasteiger partial charge >= 0.3 is 0 Å². The minimum Gasteiger partial charge on any atom is -0.480 e. The van der Waals surface area contributed by atoms with Crippen molar-refractivity contribution < 1.29 is 9.53 Å². The van der Waals surface area contributed by atoms with Crippen LogP contribution in [0.3, 0.4) is 0 Å². The topological polar surface area (TPSA) is 64.1 Å². The molecule has 0 bridgehead atoms. The molecule has 1 amide bonds. The van der Waals surface area contributed by atoms with Gasteiger partial charge in [0.1, 0.15) is 0 Å². The summed E-state index contributed by atoms with van der Waals surface area (Å²) in [5.41, 5.74) is 3.15. The third-order valence-corrected chi connectivity index (χ3v) is 3.84. The van der Waals surface area contributed by atoms with Gasteiger partial charge in [-0.25, -0.2) is 0 Å². The average Bonchev–Trinajstić information content (AvgIpc) is 2.69. The second kappa shape index (κ2) is 8.06. The molecular formula is C20H19N3O2. The third-order valence-electron chi connectivity index (χ3n) is 3.84. The van der Waals surface area contributed by atoms with Gasteiger partial charge in [0.2, 0.25) is 5.88 Å². The minimum atomic E-state index is -0.121. The molecule has 25 heavy (non-hydrogen) atoms. The van der Waals surface area contributed by atoms with E-state index in [9.17, 15) is 4.79 Å². The zero-order valence-electron chi connectivity index (χ0n) is 14.0. The van der Waals surface area contributed by atoms with E-state index in [1.807, 2.05) is 48.5 Å². The highest BCUT2D eigenvalue weighted by Crippen LogP contribution is 2.22. The van der Waals surface area contributed by atoms with Gasteiger partial charge < -0.3 is 10.1 Å². The molecule has 3 rings (SSSR count). The lowest BCUT2D eigenvalue weighted by molar-refractivity contribution is 0.0955. The van der Waals surface area contributed by atoms with E-state index >= 15 is 0 Å². The number of carbonyl (C=O) groups excluding carboxylic acids is 1. The zero-order chi connectivity index (χ0) is 17.5. The average molecular weight is 333 g/mol. The Balaban J connectivity index is 1.72. The molecule has 5 heteroatoms. The Kier molecular flexibility index (Phi) is 5.36. The fourth-order valence-corrected chi connectivity index (χ4v) is 2.54. The van der Waals surface area contributed by atoms with Crippen LogP contribution in [0.15, 0.2) is 66.7 Å². The smallest absolute Gasteiger partial charge is 0.251 e. The van der Waals surface area contributed by atoms with Crippen LogP contribution in [0.4, 0.5) is 0 Å². The number of carbonyl (C=O) groups is 1. The van der Waals surface area contributed by atoms with Gasteiger partial charge in [0, 0.05) is 23.7 Å². The summed E-state index contributed by atoms with van der Waals surface area (Å²) in [4.78, 5) is 12.6. The summed E-state index contributed by atoms with van der Waals surface area (Å²) in [6, 6.07) is 21.0. The van der Waals surface area contributed by atoms with Gasteiger partial charge in [0.25, 0.3) is 5.91 Å². The first-order valence-electron chi connectivity index (χ1n) is 8.07. The van der Waals surface area contributed by atoms with Crippen LogP contribution < -0.4 is 10.1 Å². The molecule has 0 saturated carbocycles. The van der Waals surface area contributed by atoms with Crippen LogP contribution in [0.2, 0.25) is 0 Å². The molecule has 0 spiro atoms. The van der Waals surface area contributed by atoms with E-state index in [-0.39, 0.29) is 5.91 Å². The molecule has 0 atom stereocenters. The molecule has 1 heterocycles. The van der Waals surface area contributed by atoms with Gasteiger partial charge in [-0.1, -0.05) is 48.5 Å². The standard InChI is InChI=1S/C20H19N3O2/c1-25-19-12-11-18(22-23-19)16-9-5-6-10-17(16)20(24)21-14-13-15-7-3-2-4-8-15/h2-12H,13-14H2,1H3,(H,21,24). The Morgan fingerprint density at radius 3 is 2.44 bits per heavy atom. The van der Waals surface area contributed by atoms with Crippen molar-refractivity contribution >= 4 is 5.91 Å². The molecular weight excluding hydrogens is 314 g/mol. The second-order valence-electron chi connectivity index (χ2n) is 5.50. The number of ether oxygens (including phenoxy) is 1. The number of hydrogen-bond donors (Lipinski definition) is 1. The van der Waals surface area contributed by atoms with Crippen molar-refractivity contribution in [3.8, 4) is 17.1 Å². The summed E-state index contributed by atoms with van der Waals surface area (Å²) in [7, 11) is 1.54. The lowest BCUT2D eigenvalue weighted by Gasteiger charge is -2.10. The van der Waals surface area contributed by atoms with E-state index in [0.29, 0.717) is 23.7 Å². The predicted octanol–water partition coefficient (Wildman–Crippen LogP) is 3.12. The highest BCUT2D eigenvalue weighted by Gasteiger charge is 2.13. The molecule has 3 aromatic rings. The quantitative estimate of drug-likeness (QED) is 0.753. The molecule has 126 valence electrons. The van der Waals surface area contributed by atoms with Crippen molar-refractivity contribution in [2.45, 2.75) is 6.42 Å². The molecule has 0 fully saturated rings. The highest BCUT2D eigenvalue weighted by atomic mass is 16.5. The fraction of sp³-hybridized carbons (Fsp3) is 0.150. The Labute approximate surface area is 146 Å². The van der Waals surface area contributed by atoms with Crippen molar-refractivity contribution in [1.29, 1.82) is 0 Å². The number of rotatable bonds is 6. The summed E-state index contributed by atoms with van der Waals surface area (Å²) < 4.78 is 5.03. The lowest BCUT2D eigenvalue weighted by Crippen LogP contribution is -2.26. The van der Waals surface area contributed by atoms with Crippen molar-refractivity contribution in [2.24, 2.45) is 0 Å². The summed E-state index contributed by atoms with van der Waals surface area (Å²) >= 11 is 0. The summed E-state index contributed by atoms with van der Waals surface area (Å²) in [5.74, 6) is 0.317. The van der Waals surface area contributed by atoms with Gasteiger partial charge in [-0.05, 0) is 24.1 Å². The SMILES string of the molecule is COc1ccc(-c2ccccc2C(=O)NCCc2ccccc2)nn1. The van der Waals surface area contributed by atoms with Crippen LogP contribution in [0.5, 0.6) is 5.88 Å². The molecule has 0 aliphatic rings. The maximum absolute atomic E-state index is 12.6. The summed E-state index contributed by atoms with van der Waals surface area (Å²) in [5, 5.41) is 11.1. The molecule has 1 N–H and O–H groups in total.